The molecule has 1 spiro atoms. The molecule has 0 N–H and O–H groups in total. The third-order valence-electron chi connectivity index (χ3n) is 7.06. The highest BCUT2D eigenvalue weighted by molar-refractivity contribution is 5.92. The highest BCUT2D eigenvalue weighted by Crippen LogP contribution is 2.49. The standard InChI is InChI=1S/C22H33N5O2/c1-5-27-20(28)17-13-25(12-15(2)3)14-18(17)22(27)6-8-26(9-7-22)21(29)19-11-23-16(4)10-24-19/h10-11,15,17-18H,5-9,12-14H2,1-4H3/t17-,18+/m0/s1. The summed E-state index contributed by atoms with van der Waals surface area (Å²) in [5.74, 6) is 1.39. The van der Waals surface area contributed by atoms with Crippen molar-refractivity contribution >= 4 is 11.8 Å². The van der Waals surface area contributed by atoms with E-state index in [1.807, 2.05) is 11.8 Å². The molecule has 0 radical (unpaired) electrons. The smallest absolute Gasteiger partial charge is 0.274 e. The van der Waals surface area contributed by atoms with Crippen molar-refractivity contribution < 1.29 is 9.59 Å². The zero-order valence-electron chi connectivity index (χ0n) is 18.1. The summed E-state index contributed by atoms with van der Waals surface area (Å²) in [6.45, 7) is 13.5. The van der Waals surface area contributed by atoms with Gasteiger partial charge >= 0.3 is 0 Å². The van der Waals surface area contributed by atoms with E-state index in [0.29, 0.717) is 36.5 Å². The number of likely N-dealkylation sites (tertiary alicyclic amines) is 3. The average Bonchev–Trinajstić information content (AvgIpc) is 3.20. The van der Waals surface area contributed by atoms with Crippen LogP contribution < -0.4 is 0 Å². The van der Waals surface area contributed by atoms with E-state index in [4.69, 9.17) is 0 Å². The van der Waals surface area contributed by atoms with Crippen LogP contribution in [0.1, 0.15) is 49.8 Å². The quantitative estimate of drug-likeness (QED) is 0.773. The Morgan fingerprint density at radius 2 is 1.93 bits per heavy atom. The number of carbonyl (C=O) groups is 2. The second kappa shape index (κ2) is 7.67. The van der Waals surface area contributed by atoms with Crippen molar-refractivity contribution in [1.82, 2.24) is 24.7 Å². The van der Waals surface area contributed by atoms with E-state index in [1.165, 1.54) is 0 Å². The second-order valence-corrected chi connectivity index (χ2v) is 9.35. The molecule has 158 valence electrons. The molecule has 0 bridgehead atoms. The van der Waals surface area contributed by atoms with E-state index in [0.717, 1.165) is 44.7 Å². The van der Waals surface area contributed by atoms with Crippen LogP contribution in [0.5, 0.6) is 0 Å². The molecule has 7 nitrogen and oxygen atoms in total. The first-order valence-corrected chi connectivity index (χ1v) is 11.0. The molecule has 0 unspecified atom stereocenters. The predicted octanol–water partition coefficient (Wildman–Crippen LogP) is 1.83. The Morgan fingerprint density at radius 3 is 2.52 bits per heavy atom. The average molecular weight is 400 g/mol. The summed E-state index contributed by atoms with van der Waals surface area (Å²) >= 11 is 0. The van der Waals surface area contributed by atoms with Gasteiger partial charge in [0.1, 0.15) is 5.69 Å². The lowest BCUT2D eigenvalue weighted by atomic mass is 9.75. The van der Waals surface area contributed by atoms with E-state index < -0.39 is 0 Å². The molecule has 3 saturated heterocycles. The molecular formula is C22H33N5O2. The largest absolute Gasteiger partial charge is 0.337 e. The van der Waals surface area contributed by atoms with Crippen LogP contribution in [0.25, 0.3) is 0 Å². The first-order chi connectivity index (χ1) is 13.9. The van der Waals surface area contributed by atoms with Gasteiger partial charge in [-0.15, -0.1) is 0 Å². The maximum Gasteiger partial charge on any atom is 0.274 e. The summed E-state index contributed by atoms with van der Waals surface area (Å²) in [5.41, 5.74) is 1.11. The molecular weight excluding hydrogens is 366 g/mol. The van der Waals surface area contributed by atoms with E-state index in [9.17, 15) is 9.59 Å². The third-order valence-corrected chi connectivity index (χ3v) is 7.06. The monoisotopic (exact) mass is 399 g/mol. The van der Waals surface area contributed by atoms with Gasteiger partial charge in [0, 0.05) is 51.4 Å². The van der Waals surface area contributed by atoms with Crippen molar-refractivity contribution in [2.75, 3.05) is 39.3 Å². The first-order valence-electron chi connectivity index (χ1n) is 11.0. The van der Waals surface area contributed by atoms with Gasteiger partial charge in [0.25, 0.3) is 5.91 Å². The minimum atomic E-state index is -0.0992. The van der Waals surface area contributed by atoms with Gasteiger partial charge in [0.05, 0.1) is 23.3 Å². The second-order valence-electron chi connectivity index (χ2n) is 9.35. The van der Waals surface area contributed by atoms with Crippen molar-refractivity contribution in [2.45, 2.75) is 46.1 Å². The minimum Gasteiger partial charge on any atom is -0.337 e. The lowest BCUT2D eigenvalue weighted by Gasteiger charge is -2.47. The summed E-state index contributed by atoms with van der Waals surface area (Å²) in [5, 5.41) is 0. The molecule has 3 aliphatic rings. The molecule has 7 heteroatoms. The Labute approximate surface area is 173 Å². The summed E-state index contributed by atoms with van der Waals surface area (Å²) in [6, 6.07) is 0. The summed E-state index contributed by atoms with van der Waals surface area (Å²) in [6.07, 6.45) is 4.92. The summed E-state index contributed by atoms with van der Waals surface area (Å²) < 4.78 is 0. The molecule has 0 saturated carbocycles. The molecule has 4 heterocycles. The number of rotatable bonds is 4. The van der Waals surface area contributed by atoms with E-state index in [1.54, 1.807) is 12.4 Å². The van der Waals surface area contributed by atoms with Gasteiger partial charge in [-0.05, 0) is 32.6 Å². The number of fused-ring (bicyclic) bond motifs is 2. The highest BCUT2D eigenvalue weighted by atomic mass is 16.2. The number of piperidine rings is 1. The lowest BCUT2D eigenvalue weighted by Crippen LogP contribution is -2.58. The third kappa shape index (κ3) is 3.43. The number of nitrogens with zero attached hydrogens (tertiary/aromatic N) is 5. The van der Waals surface area contributed by atoms with Crippen LogP contribution in [-0.2, 0) is 4.79 Å². The summed E-state index contributed by atoms with van der Waals surface area (Å²) in [4.78, 5) is 41.0. The van der Waals surface area contributed by atoms with Crippen LogP contribution in [0.15, 0.2) is 12.4 Å². The van der Waals surface area contributed by atoms with Gasteiger partial charge in [-0.25, -0.2) is 4.98 Å². The van der Waals surface area contributed by atoms with Crippen LogP contribution in [0, 0.1) is 24.7 Å². The van der Waals surface area contributed by atoms with Crippen LogP contribution in [-0.4, -0.2) is 81.3 Å². The molecule has 4 rings (SSSR count). The van der Waals surface area contributed by atoms with Gasteiger partial charge < -0.3 is 14.7 Å². The van der Waals surface area contributed by atoms with Crippen molar-refractivity contribution in [3.05, 3.63) is 23.8 Å². The van der Waals surface area contributed by atoms with Gasteiger partial charge in [-0.1, -0.05) is 13.8 Å². The van der Waals surface area contributed by atoms with Gasteiger partial charge in [-0.3, -0.25) is 14.6 Å². The van der Waals surface area contributed by atoms with Crippen LogP contribution in [0.3, 0.4) is 0 Å². The molecule has 3 fully saturated rings. The number of hydrogen-bond donors (Lipinski definition) is 0. The topological polar surface area (TPSA) is 69.6 Å². The SMILES string of the molecule is CCN1C(=O)[C@H]2CN(CC(C)C)C[C@H]2C12CCN(C(=O)c1cnc(C)cn1)CC2. The zero-order chi connectivity index (χ0) is 20.8. The molecule has 0 aliphatic carbocycles. The minimum absolute atomic E-state index is 0.0517. The van der Waals surface area contributed by atoms with E-state index in [-0.39, 0.29) is 17.4 Å². The lowest BCUT2D eigenvalue weighted by molar-refractivity contribution is -0.135. The molecule has 1 aromatic rings. The molecule has 2 atom stereocenters. The number of aryl methyl sites for hydroxylation is 1. The molecule has 29 heavy (non-hydrogen) atoms. The summed E-state index contributed by atoms with van der Waals surface area (Å²) in [7, 11) is 0. The van der Waals surface area contributed by atoms with Gasteiger partial charge in [0.2, 0.25) is 5.91 Å². The molecule has 3 aliphatic heterocycles. The Hall–Kier alpha value is -2.02. The predicted molar refractivity (Wildman–Crippen MR) is 110 cm³/mol. The Bertz CT molecular complexity index is 770. The van der Waals surface area contributed by atoms with E-state index >= 15 is 0 Å². The first kappa shape index (κ1) is 20.3. The number of hydrogen-bond acceptors (Lipinski definition) is 5. The fraction of sp³-hybridized carbons (Fsp3) is 0.727. The molecule has 2 amide bonds. The Kier molecular flexibility index (Phi) is 5.36. The van der Waals surface area contributed by atoms with Crippen molar-refractivity contribution in [2.24, 2.45) is 17.8 Å². The number of carbonyl (C=O) groups excluding carboxylic acids is 2. The maximum atomic E-state index is 13.2. The Morgan fingerprint density at radius 1 is 1.21 bits per heavy atom. The van der Waals surface area contributed by atoms with Crippen molar-refractivity contribution in [3.8, 4) is 0 Å². The Balaban J connectivity index is 1.50. The number of amides is 2. The number of aromatic nitrogens is 2. The maximum absolute atomic E-state index is 13.2. The molecule has 1 aromatic heterocycles. The fourth-order valence-electron chi connectivity index (χ4n) is 5.84. The molecule has 0 aromatic carbocycles. The van der Waals surface area contributed by atoms with Gasteiger partial charge in [0.15, 0.2) is 0 Å². The highest BCUT2D eigenvalue weighted by Gasteiger charge is 2.61. The van der Waals surface area contributed by atoms with Crippen molar-refractivity contribution in [3.63, 3.8) is 0 Å². The van der Waals surface area contributed by atoms with Gasteiger partial charge in [-0.2, -0.15) is 0 Å². The normalized spacial score (nSPS) is 26.6. The fourth-order valence-corrected chi connectivity index (χ4v) is 5.84. The van der Waals surface area contributed by atoms with Crippen LogP contribution in [0.2, 0.25) is 0 Å². The zero-order valence-corrected chi connectivity index (χ0v) is 18.1. The van der Waals surface area contributed by atoms with E-state index in [2.05, 4.69) is 40.5 Å². The van der Waals surface area contributed by atoms with Crippen LogP contribution >= 0.6 is 0 Å². The van der Waals surface area contributed by atoms with Crippen LogP contribution in [0.4, 0.5) is 0 Å². The van der Waals surface area contributed by atoms with Crippen molar-refractivity contribution in [1.29, 1.82) is 0 Å².